The predicted octanol–water partition coefficient (Wildman–Crippen LogP) is 0.904. The number of carbonyl (C=O) groups is 1. The van der Waals surface area contributed by atoms with Gasteiger partial charge in [-0.3, -0.25) is 9.55 Å². The van der Waals surface area contributed by atoms with Gasteiger partial charge in [-0.15, -0.1) is 0 Å². The van der Waals surface area contributed by atoms with E-state index in [1.54, 1.807) is 0 Å². The lowest BCUT2D eigenvalue weighted by Gasteiger charge is -2.15. The fourth-order valence-corrected chi connectivity index (χ4v) is 2.92. The van der Waals surface area contributed by atoms with Crippen molar-refractivity contribution in [2.45, 2.75) is 31.5 Å². The van der Waals surface area contributed by atoms with Crippen molar-refractivity contribution in [1.82, 2.24) is 9.55 Å². The highest BCUT2D eigenvalue weighted by Gasteiger charge is 2.35. The lowest BCUT2D eigenvalue weighted by Crippen LogP contribution is -2.29. The van der Waals surface area contributed by atoms with E-state index >= 15 is 0 Å². The molecule has 1 aliphatic heterocycles. The van der Waals surface area contributed by atoms with E-state index in [4.69, 9.17) is 26.8 Å². The molecule has 0 saturated carbocycles. The first-order valence-corrected chi connectivity index (χ1v) is 8.41. The number of nitrogens with zero attached hydrogens (tertiary/aromatic N) is 1. The Labute approximate surface area is 153 Å². The third-order valence-corrected chi connectivity index (χ3v) is 4.42. The standard InChI is InChI=1S/C17H18N2O6S/c20-8-13-12(21)6-14(25-13)19-7-11(15(26)18-17(19)23)16(22)24-9-10-4-2-1-3-5-10/h1-5,7,12-14,20-21H,6,8-9H2,(H,18,23,26)/t12-,13+,14+/m0/s1. The molecule has 0 spiro atoms. The number of aromatic amines is 1. The molecule has 0 amide bonds. The topological polar surface area (TPSA) is 114 Å². The second-order valence-electron chi connectivity index (χ2n) is 5.89. The largest absolute Gasteiger partial charge is 0.457 e. The number of carbonyl (C=O) groups excluding carboxylic acids is 1. The molecule has 1 aliphatic rings. The van der Waals surface area contributed by atoms with Gasteiger partial charge in [-0.05, 0) is 5.56 Å². The number of rotatable bonds is 5. The van der Waals surface area contributed by atoms with Gasteiger partial charge >= 0.3 is 11.7 Å². The Balaban J connectivity index is 1.81. The van der Waals surface area contributed by atoms with Gasteiger partial charge in [-0.1, -0.05) is 42.5 Å². The highest BCUT2D eigenvalue weighted by atomic mass is 32.1. The number of esters is 1. The molecule has 8 nitrogen and oxygen atoms in total. The first kappa shape index (κ1) is 18.5. The molecule has 0 aliphatic carbocycles. The Morgan fingerprint density at radius 2 is 2.12 bits per heavy atom. The average molecular weight is 378 g/mol. The SMILES string of the molecule is O=C(OCc1ccccc1)c1cn([C@H]2C[C@H](O)[C@@H](CO)O2)c(=O)[nH]c1=S. The molecule has 26 heavy (non-hydrogen) atoms. The van der Waals surface area contributed by atoms with E-state index in [2.05, 4.69) is 4.98 Å². The summed E-state index contributed by atoms with van der Waals surface area (Å²) in [6.45, 7) is -0.306. The maximum absolute atomic E-state index is 12.3. The molecule has 3 atom stereocenters. The third-order valence-electron chi connectivity index (χ3n) is 4.09. The van der Waals surface area contributed by atoms with Crippen molar-refractivity contribution in [2.24, 2.45) is 0 Å². The van der Waals surface area contributed by atoms with Crippen molar-refractivity contribution in [3.8, 4) is 0 Å². The maximum Gasteiger partial charge on any atom is 0.343 e. The van der Waals surface area contributed by atoms with Gasteiger partial charge < -0.3 is 19.7 Å². The van der Waals surface area contributed by atoms with E-state index < -0.39 is 30.1 Å². The van der Waals surface area contributed by atoms with Crippen molar-refractivity contribution in [3.63, 3.8) is 0 Å². The van der Waals surface area contributed by atoms with Crippen LogP contribution in [0.25, 0.3) is 0 Å². The van der Waals surface area contributed by atoms with Gasteiger partial charge in [-0.2, -0.15) is 0 Å². The van der Waals surface area contributed by atoms with Crippen LogP contribution in [-0.2, 0) is 16.1 Å². The van der Waals surface area contributed by atoms with Crippen molar-refractivity contribution in [1.29, 1.82) is 0 Å². The minimum atomic E-state index is -0.909. The number of nitrogens with one attached hydrogen (secondary N) is 1. The number of H-pyrrole nitrogens is 1. The van der Waals surface area contributed by atoms with Crippen LogP contribution >= 0.6 is 12.2 Å². The second kappa shape index (κ2) is 7.92. The molecule has 0 radical (unpaired) electrons. The molecule has 2 heterocycles. The highest BCUT2D eigenvalue weighted by molar-refractivity contribution is 7.71. The Morgan fingerprint density at radius 1 is 1.38 bits per heavy atom. The second-order valence-corrected chi connectivity index (χ2v) is 6.29. The Hall–Kier alpha value is -2.33. The smallest absolute Gasteiger partial charge is 0.343 e. The van der Waals surface area contributed by atoms with E-state index in [-0.39, 0.29) is 29.8 Å². The predicted molar refractivity (Wildman–Crippen MR) is 93.1 cm³/mol. The van der Waals surface area contributed by atoms with E-state index in [1.165, 1.54) is 6.20 Å². The molecule has 1 aromatic heterocycles. The molecular weight excluding hydrogens is 360 g/mol. The number of ether oxygens (including phenoxy) is 2. The summed E-state index contributed by atoms with van der Waals surface area (Å²) in [5.41, 5.74) is 0.253. The van der Waals surface area contributed by atoms with Gasteiger partial charge in [0.2, 0.25) is 0 Å². The van der Waals surface area contributed by atoms with Crippen LogP contribution in [0, 0.1) is 4.64 Å². The van der Waals surface area contributed by atoms with Gasteiger partial charge in [0.05, 0.1) is 12.7 Å². The summed E-state index contributed by atoms with van der Waals surface area (Å²) in [6, 6.07) is 9.15. The molecule has 9 heteroatoms. The Kier molecular flexibility index (Phi) is 5.62. The monoisotopic (exact) mass is 378 g/mol. The molecule has 2 aromatic rings. The zero-order valence-electron chi connectivity index (χ0n) is 13.7. The highest BCUT2D eigenvalue weighted by Crippen LogP contribution is 2.27. The lowest BCUT2D eigenvalue weighted by atomic mass is 10.2. The van der Waals surface area contributed by atoms with Crippen molar-refractivity contribution >= 4 is 18.2 Å². The molecule has 0 unspecified atom stereocenters. The fourth-order valence-electron chi connectivity index (χ4n) is 2.70. The number of hydrogen-bond donors (Lipinski definition) is 3. The molecule has 138 valence electrons. The molecule has 1 aromatic carbocycles. The van der Waals surface area contributed by atoms with Gasteiger partial charge in [-0.25, -0.2) is 9.59 Å². The van der Waals surface area contributed by atoms with Crippen LogP contribution in [0.4, 0.5) is 0 Å². The zero-order chi connectivity index (χ0) is 18.7. The van der Waals surface area contributed by atoms with E-state index in [0.29, 0.717) is 0 Å². The van der Waals surface area contributed by atoms with E-state index in [9.17, 15) is 14.7 Å². The van der Waals surface area contributed by atoms with Gasteiger partial charge in [0, 0.05) is 12.6 Å². The maximum atomic E-state index is 12.3. The molecule has 0 bridgehead atoms. The Bertz CT molecular complexity index is 894. The van der Waals surface area contributed by atoms with Crippen LogP contribution in [0.1, 0.15) is 28.6 Å². The van der Waals surface area contributed by atoms with Crippen LogP contribution in [0.15, 0.2) is 41.3 Å². The van der Waals surface area contributed by atoms with E-state index in [0.717, 1.165) is 10.1 Å². The summed E-state index contributed by atoms with van der Waals surface area (Å²) in [7, 11) is 0. The molecular formula is C17H18N2O6S. The normalized spacial score (nSPS) is 22.3. The van der Waals surface area contributed by atoms with Crippen molar-refractivity contribution in [3.05, 3.63) is 62.8 Å². The van der Waals surface area contributed by atoms with Gasteiger partial charge in [0.25, 0.3) is 0 Å². The lowest BCUT2D eigenvalue weighted by molar-refractivity contribution is -0.0460. The van der Waals surface area contributed by atoms with E-state index in [1.807, 2.05) is 30.3 Å². The molecule has 3 N–H and O–H groups in total. The number of aliphatic hydroxyl groups excluding tert-OH is 2. The van der Waals surface area contributed by atoms with Crippen LogP contribution < -0.4 is 5.69 Å². The summed E-state index contributed by atoms with van der Waals surface area (Å²) in [5.74, 6) is -0.680. The zero-order valence-corrected chi connectivity index (χ0v) is 14.5. The fraction of sp³-hybridized carbons (Fsp3) is 0.353. The first-order valence-electron chi connectivity index (χ1n) is 8.00. The number of aliphatic hydroxyl groups is 2. The minimum Gasteiger partial charge on any atom is -0.457 e. The van der Waals surface area contributed by atoms with Gasteiger partial charge in [0.15, 0.2) is 0 Å². The third kappa shape index (κ3) is 3.91. The first-order chi connectivity index (χ1) is 12.5. The van der Waals surface area contributed by atoms with Crippen LogP contribution in [0.5, 0.6) is 0 Å². The molecule has 1 saturated heterocycles. The van der Waals surface area contributed by atoms with Crippen molar-refractivity contribution in [2.75, 3.05) is 6.61 Å². The molecule has 3 rings (SSSR count). The van der Waals surface area contributed by atoms with Crippen LogP contribution in [-0.4, -0.2) is 44.5 Å². The quantitative estimate of drug-likeness (QED) is 0.523. The van der Waals surface area contributed by atoms with Gasteiger partial charge in [0.1, 0.15) is 29.1 Å². The number of aromatic nitrogens is 2. The summed E-state index contributed by atoms with van der Waals surface area (Å²) in [4.78, 5) is 26.9. The van der Waals surface area contributed by atoms with Crippen LogP contribution in [0.3, 0.4) is 0 Å². The summed E-state index contributed by atoms with van der Waals surface area (Å²) in [6.07, 6.45) is -1.15. The minimum absolute atomic E-state index is 0.0149. The number of hydrogen-bond acceptors (Lipinski definition) is 7. The summed E-state index contributed by atoms with van der Waals surface area (Å²) < 4.78 is 11.8. The summed E-state index contributed by atoms with van der Waals surface area (Å²) >= 11 is 5.05. The molecule has 1 fully saturated rings. The summed E-state index contributed by atoms with van der Waals surface area (Å²) in [5, 5.41) is 19.0. The van der Waals surface area contributed by atoms with Crippen LogP contribution in [0.2, 0.25) is 0 Å². The Morgan fingerprint density at radius 3 is 2.77 bits per heavy atom. The average Bonchev–Trinajstić information content (AvgIpc) is 3.01. The number of benzene rings is 1. The van der Waals surface area contributed by atoms with Crippen molar-refractivity contribution < 1.29 is 24.5 Å².